The lowest BCUT2D eigenvalue weighted by molar-refractivity contribution is 0.0955. The second-order valence-corrected chi connectivity index (χ2v) is 11.9. The minimum atomic E-state index is -1.43. The first-order valence-corrected chi connectivity index (χ1v) is 12.5. The van der Waals surface area contributed by atoms with Gasteiger partial charge in [-0.25, -0.2) is 0 Å². The van der Waals surface area contributed by atoms with Gasteiger partial charge < -0.3 is 4.52 Å². The average molecular weight is 345 g/mol. The van der Waals surface area contributed by atoms with Crippen LogP contribution in [0.4, 0.5) is 0 Å². The fourth-order valence-electron chi connectivity index (χ4n) is 2.89. The van der Waals surface area contributed by atoms with Crippen LogP contribution in [0.3, 0.4) is 0 Å². The molecule has 0 aromatic rings. The number of rotatable bonds is 14. The van der Waals surface area contributed by atoms with Crippen LogP contribution in [0.2, 0.25) is 0 Å². The van der Waals surface area contributed by atoms with Gasteiger partial charge in [-0.3, -0.25) is 0 Å². The van der Waals surface area contributed by atoms with Crippen LogP contribution in [-0.2, 0) is 4.52 Å². The van der Waals surface area contributed by atoms with Crippen LogP contribution in [0.15, 0.2) is 0 Å². The van der Waals surface area contributed by atoms with E-state index in [0.29, 0.717) is 5.41 Å². The molecular formula is C21H45OP. The second kappa shape index (κ2) is 11.0. The Morgan fingerprint density at radius 1 is 0.783 bits per heavy atom. The highest BCUT2D eigenvalue weighted by molar-refractivity contribution is 7.68. The molecule has 0 aromatic carbocycles. The van der Waals surface area contributed by atoms with Crippen LogP contribution in [0, 0.1) is 5.41 Å². The molecule has 0 saturated carbocycles. The standard InChI is InChI=1S/C21H45OP/c1-9-20(4,5)18-16-14-12-13-15-17-19-23(7,8)22-21(6,10-2)11-3/h7,9-19H2,1-6,8H3. The molecule has 2 heteroatoms. The van der Waals surface area contributed by atoms with Gasteiger partial charge >= 0.3 is 0 Å². The van der Waals surface area contributed by atoms with Gasteiger partial charge in [0.15, 0.2) is 0 Å². The molecule has 0 rings (SSSR count). The third-order valence-electron chi connectivity index (χ3n) is 5.63. The van der Waals surface area contributed by atoms with E-state index in [1.54, 1.807) is 0 Å². The summed E-state index contributed by atoms with van der Waals surface area (Å²) in [5, 5.41) is 0. The van der Waals surface area contributed by atoms with Gasteiger partial charge in [-0.05, 0) is 58.0 Å². The molecule has 0 spiro atoms. The monoisotopic (exact) mass is 344 g/mol. The number of hydrogen-bond acceptors (Lipinski definition) is 1. The van der Waals surface area contributed by atoms with Crippen molar-refractivity contribution in [1.29, 1.82) is 0 Å². The van der Waals surface area contributed by atoms with E-state index in [9.17, 15) is 0 Å². The summed E-state index contributed by atoms with van der Waals surface area (Å²) in [5.41, 5.74) is 0.582. The average Bonchev–Trinajstić information content (AvgIpc) is 2.49. The fraction of sp³-hybridized carbons (Fsp3) is 0.952. The molecule has 0 aliphatic carbocycles. The maximum absolute atomic E-state index is 6.42. The molecule has 0 heterocycles. The summed E-state index contributed by atoms with van der Waals surface area (Å²) in [7, 11) is -1.43. The molecule has 0 N–H and O–H groups in total. The molecule has 0 bridgehead atoms. The predicted molar refractivity (Wildman–Crippen MR) is 111 cm³/mol. The Labute approximate surface area is 148 Å². The molecule has 0 aliphatic heterocycles. The quantitative estimate of drug-likeness (QED) is 0.231. The molecule has 0 radical (unpaired) electrons. The number of hydrogen-bond donors (Lipinski definition) is 0. The largest absolute Gasteiger partial charge is 0.356 e. The van der Waals surface area contributed by atoms with Gasteiger partial charge in [0, 0.05) is 0 Å². The van der Waals surface area contributed by atoms with E-state index in [1.165, 1.54) is 57.5 Å². The Bertz CT molecular complexity index is 342. The Balaban J connectivity index is 3.77. The van der Waals surface area contributed by atoms with Gasteiger partial charge in [0.1, 0.15) is 0 Å². The summed E-state index contributed by atoms with van der Waals surface area (Å²) in [5.74, 6) is 0. The van der Waals surface area contributed by atoms with Crippen molar-refractivity contribution in [2.24, 2.45) is 5.41 Å². The van der Waals surface area contributed by atoms with Crippen LogP contribution in [-0.4, -0.2) is 24.7 Å². The molecule has 1 unspecified atom stereocenters. The smallest absolute Gasteiger partial charge is 0.0690 e. The van der Waals surface area contributed by atoms with Crippen LogP contribution in [0.5, 0.6) is 0 Å². The predicted octanol–water partition coefficient (Wildman–Crippen LogP) is 7.74. The number of unbranched alkanes of at least 4 members (excludes halogenated alkanes) is 5. The van der Waals surface area contributed by atoms with Crippen LogP contribution >= 0.6 is 7.11 Å². The lowest BCUT2D eigenvalue weighted by atomic mass is 9.84. The second-order valence-electron chi connectivity index (χ2n) is 8.66. The van der Waals surface area contributed by atoms with Crippen molar-refractivity contribution < 1.29 is 4.52 Å². The van der Waals surface area contributed by atoms with Gasteiger partial charge in [-0.1, -0.05) is 79.4 Å². The summed E-state index contributed by atoms with van der Waals surface area (Å²) < 4.78 is 6.42. The minimum absolute atomic E-state index is 0.0381. The van der Waals surface area contributed by atoms with Crippen molar-refractivity contribution >= 4 is 13.4 Å². The molecule has 0 aromatic heterocycles. The topological polar surface area (TPSA) is 9.23 Å². The van der Waals surface area contributed by atoms with Gasteiger partial charge in [0.25, 0.3) is 0 Å². The Morgan fingerprint density at radius 3 is 1.74 bits per heavy atom. The first-order chi connectivity index (χ1) is 10.6. The lowest BCUT2D eigenvalue weighted by Gasteiger charge is -2.34. The molecule has 23 heavy (non-hydrogen) atoms. The third kappa shape index (κ3) is 11.4. The maximum Gasteiger partial charge on any atom is 0.0690 e. The normalized spacial score (nSPS) is 15.6. The van der Waals surface area contributed by atoms with Gasteiger partial charge in [0.05, 0.1) is 5.60 Å². The van der Waals surface area contributed by atoms with E-state index in [-0.39, 0.29) is 5.60 Å². The fourth-order valence-corrected chi connectivity index (χ4v) is 5.20. The molecule has 0 amide bonds. The van der Waals surface area contributed by atoms with Gasteiger partial charge in [0.2, 0.25) is 0 Å². The van der Waals surface area contributed by atoms with E-state index in [0.717, 1.165) is 12.8 Å². The zero-order chi connectivity index (χ0) is 18.0. The summed E-state index contributed by atoms with van der Waals surface area (Å²) in [6.07, 6.45) is 18.7. The Kier molecular flexibility index (Phi) is 11.1. The SMILES string of the molecule is C=P(C)(CCCCCCCCC(C)(C)CC)OC(C)(CC)CC. The highest BCUT2D eigenvalue weighted by Gasteiger charge is 2.25. The highest BCUT2D eigenvalue weighted by Crippen LogP contribution is 2.48. The minimum Gasteiger partial charge on any atom is -0.356 e. The molecule has 1 nitrogen and oxygen atoms in total. The van der Waals surface area contributed by atoms with E-state index >= 15 is 0 Å². The zero-order valence-corrected chi connectivity index (χ0v) is 18.2. The van der Waals surface area contributed by atoms with Crippen molar-refractivity contribution in [1.82, 2.24) is 0 Å². The van der Waals surface area contributed by atoms with Crippen LogP contribution in [0.1, 0.15) is 106 Å². The Morgan fingerprint density at radius 2 is 1.26 bits per heavy atom. The highest BCUT2D eigenvalue weighted by atomic mass is 31.2. The van der Waals surface area contributed by atoms with Gasteiger partial charge in [-0.2, -0.15) is 0 Å². The molecule has 1 atom stereocenters. The van der Waals surface area contributed by atoms with Crippen LogP contribution < -0.4 is 0 Å². The first kappa shape index (κ1) is 23.3. The summed E-state index contributed by atoms with van der Waals surface area (Å²) in [6.45, 7) is 16.1. The molecule has 0 saturated heterocycles. The van der Waals surface area contributed by atoms with Crippen molar-refractivity contribution in [2.45, 2.75) is 111 Å². The Hall–Kier alpha value is 0.260. The van der Waals surface area contributed by atoms with Crippen molar-refractivity contribution in [3.05, 3.63) is 0 Å². The van der Waals surface area contributed by atoms with Crippen molar-refractivity contribution in [2.75, 3.05) is 12.8 Å². The molecule has 0 aliphatic rings. The van der Waals surface area contributed by atoms with Gasteiger partial charge in [-0.15, -0.1) is 0 Å². The van der Waals surface area contributed by atoms with Crippen LogP contribution in [0.25, 0.3) is 0 Å². The molecular weight excluding hydrogens is 299 g/mol. The van der Waals surface area contributed by atoms with E-state index in [2.05, 4.69) is 54.5 Å². The first-order valence-electron chi connectivity index (χ1n) is 10.0. The summed E-state index contributed by atoms with van der Waals surface area (Å²) in [6, 6.07) is 0. The van der Waals surface area contributed by atoms with Crippen molar-refractivity contribution in [3.8, 4) is 0 Å². The summed E-state index contributed by atoms with van der Waals surface area (Å²) in [4.78, 5) is 0. The maximum atomic E-state index is 6.42. The summed E-state index contributed by atoms with van der Waals surface area (Å²) >= 11 is 0. The van der Waals surface area contributed by atoms with E-state index in [4.69, 9.17) is 4.52 Å². The molecule has 0 fully saturated rings. The van der Waals surface area contributed by atoms with Crippen molar-refractivity contribution in [3.63, 3.8) is 0 Å². The zero-order valence-electron chi connectivity index (χ0n) is 17.3. The third-order valence-corrected chi connectivity index (χ3v) is 7.77. The van der Waals surface area contributed by atoms with E-state index in [1.807, 2.05) is 0 Å². The lowest BCUT2D eigenvalue weighted by Crippen LogP contribution is -2.25. The van der Waals surface area contributed by atoms with E-state index < -0.39 is 7.11 Å². The molecule has 140 valence electrons.